The lowest BCUT2D eigenvalue weighted by Crippen LogP contribution is -2.23. The number of thiazole rings is 1. The molecule has 0 radical (unpaired) electrons. The van der Waals surface area contributed by atoms with Gasteiger partial charge in [-0.2, -0.15) is 0 Å². The van der Waals surface area contributed by atoms with E-state index in [-0.39, 0.29) is 5.41 Å². The molecule has 0 unspecified atom stereocenters. The Balaban J connectivity index is 1.61. The van der Waals surface area contributed by atoms with Crippen molar-refractivity contribution in [2.75, 3.05) is 0 Å². The van der Waals surface area contributed by atoms with E-state index in [1.54, 1.807) is 11.3 Å². The van der Waals surface area contributed by atoms with Crippen LogP contribution in [0.25, 0.3) is 42.8 Å². The molecule has 0 atom stereocenters. The fraction of sp³-hybridized carbons (Fsp3) is 0.267. The first-order chi connectivity index (χ1) is 16.1. The van der Waals surface area contributed by atoms with Crippen molar-refractivity contribution in [1.29, 1.82) is 0 Å². The van der Waals surface area contributed by atoms with Crippen LogP contribution in [0, 0.1) is 0 Å². The summed E-state index contributed by atoms with van der Waals surface area (Å²) in [4.78, 5) is 9.84. The molecule has 2 nitrogen and oxygen atoms in total. The lowest BCUT2D eigenvalue weighted by molar-refractivity contribution is 0.596. The van der Waals surface area contributed by atoms with E-state index in [1.807, 2.05) is 12.3 Å². The first-order valence-electron chi connectivity index (χ1n) is 12.0. The summed E-state index contributed by atoms with van der Waals surface area (Å²) in [6.45, 7) is 14.1. The maximum absolute atomic E-state index is 4.99. The lowest BCUT2D eigenvalue weighted by Gasteiger charge is -2.22. The van der Waals surface area contributed by atoms with Gasteiger partial charge >= 0.3 is 0 Å². The van der Waals surface area contributed by atoms with Gasteiger partial charge in [0.05, 0.1) is 15.9 Å². The van der Waals surface area contributed by atoms with Gasteiger partial charge in [0.1, 0.15) is 5.01 Å². The smallest absolute Gasteiger partial charge is 0.124 e. The second kappa shape index (κ2) is 8.44. The van der Waals surface area contributed by atoms with Crippen LogP contribution >= 0.6 is 11.3 Å². The molecular weight excluding hydrogens is 448 g/mol. The summed E-state index contributed by atoms with van der Waals surface area (Å²) in [7, 11) is -1.13. The highest BCUT2D eigenvalue weighted by Gasteiger charge is 2.20. The van der Waals surface area contributed by atoms with E-state index >= 15 is 0 Å². The third kappa shape index (κ3) is 4.57. The second-order valence-corrected chi connectivity index (χ2v) is 17.9. The number of benzene rings is 3. The van der Waals surface area contributed by atoms with Gasteiger partial charge in [0.2, 0.25) is 0 Å². The Kier molecular flexibility index (Phi) is 5.69. The van der Waals surface area contributed by atoms with E-state index in [2.05, 4.69) is 101 Å². The maximum Gasteiger partial charge on any atom is 0.124 e. The fourth-order valence-electron chi connectivity index (χ4n) is 4.63. The maximum atomic E-state index is 4.99. The standard InChI is InChI=1S/C30H32N2SSi/c1-30(2,3)25-18-23(17-22-9-7-8-10-24(22)25)27-28-26(15-16-31-27)32-29(33-28)21-13-11-20(12-14-21)19-34(4,5)6/h7-18H,19H2,1-6H3. The van der Waals surface area contributed by atoms with Crippen molar-refractivity contribution in [2.24, 2.45) is 0 Å². The molecule has 5 aromatic rings. The highest BCUT2D eigenvalue weighted by Crippen LogP contribution is 2.39. The molecule has 0 bridgehead atoms. The number of hydrogen-bond acceptors (Lipinski definition) is 3. The lowest BCUT2D eigenvalue weighted by atomic mass is 9.82. The topological polar surface area (TPSA) is 25.8 Å². The third-order valence-electron chi connectivity index (χ3n) is 6.18. The van der Waals surface area contributed by atoms with Gasteiger partial charge in [0.25, 0.3) is 0 Å². The first-order valence-corrected chi connectivity index (χ1v) is 16.5. The molecule has 5 rings (SSSR count). The van der Waals surface area contributed by atoms with Gasteiger partial charge in [-0.25, -0.2) is 4.98 Å². The van der Waals surface area contributed by atoms with Gasteiger partial charge in [-0.05, 0) is 46.0 Å². The summed E-state index contributed by atoms with van der Waals surface area (Å²) in [5.41, 5.74) is 7.20. The molecule has 2 heterocycles. The van der Waals surface area contributed by atoms with E-state index in [0.29, 0.717) is 0 Å². The van der Waals surface area contributed by atoms with E-state index in [4.69, 9.17) is 9.97 Å². The Morgan fingerprint density at radius 1 is 0.853 bits per heavy atom. The Hall–Kier alpha value is -2.82. The predicted molar refractivity (Wildman–Crippen MR) is 152 cm³/mol. The van der Waals surface area contributed by atoms with Crippen LogP contribution in [-0.2, 0) is 11.5 Å². The minimum absolute atomic E-state index is 0.0417. The molecule has 3 aromatic carbocycles. The monoisotopic (exact) mass is 480 g/mol. The average molecular weight is 481 g/mol. The van der Waals surface area contributed by atoms with E-state index in [0.717, 1.165) is 26.5 Å². The van der Waals surface area contributed by atoms with Gasteiger partial charge < -0.3 is 0 Å². The van der Waals surface area contributed by atoms with Crippen molar-refractivity contribution in [3.8, 4) is 21.8 Å². The first kappa shape index (κ1) is 22.9. The number of fused-ring (bicyclic) bond motifs is 2. The van der Waals surface area contributed by atoms with Gasteiger partial charge in [0.15, 0.2) is 0 Å². The fourth-order valence-corrected chi connectivity index (χ4v) is 7.17. The van der Waals surface area contributed by atoms with Crippen molar-refractivity contribution in [2.45, 2.75) is 51.9 Å². The Labute approximate surface area is 207 Å². The zero-order valence-electron chi connectivity index (χ0n) is 20.9. The molecule has 2 aromatic heterocycles. The summed E-state index contributed by atoms with van der Waals surface area (Å²) >= 11 is 1.74. The van der Waals surface area contributed by atoms with Crippen LogP contribution in [-0.4, -0.2) is 18.0 Å². The Morgan fingerprint density at radius 2 is 1.59 bits per heavy atom. The molecule has 0 aliphatic heterocycles. The van der Waals surface area contributed by atoms with Gasteiger partial charge in [-0.3, -0.25) is 4.98 Å². The zero-order valence-corrected chi connectivity index (χ0v) is 22.8. The minimum atomic E-state index is -1.13. The second-order valence-electron chi connectivity index (χ2n) is 11.5. The van der Waals surface area contributed by atoms with Crippen LogP contribution in [0.4, 0.5) is 0 Å². The molecule has 4 heteroatoms. The van der Waals surface area contributed by atoms with Gasteiger partial charge in [-0.1, -0.05) is 94.5 Å². The Bertz CT molecular complexity index is 1490. The molecule has 0 aliphatic rings. The van der Waals surface area contributed by atoms with Crippen molar-refractivity contribution in [3.05, 3.63) is 84.1 Å². The van der Waals surface area contributed by atoms with Crippen LogP contribution in [0.1, 0.15) is 31.9 Å². The third-order valence-corrected chi connectivity index (χ3v) is 8.78. The molecule has 0 amide bonds. The van der Waals surface area contributed by atoms with Crippen LogP contribution < -0.4 is 0 Å². The molecule has 34 heavy (non-hydrogen) atoms. The number of aromatic nitrogens is 2. The number of rotatable bonds is 4. The summed E-state index contributed by atoms with van der Waals surface area (Å²) in [6, 6.07) is 25.5. The van der Waals surface area contributed by atoms with Crippen molar-refractivity contribution < 1.29 is 0 Å². The van der Waals surface area contributed by atoms with Crippen molar-refractivity contribution >= 4 is 40.4 Å². The zero-order chi connectivity index (χ0) is 24.1. The number of nitrogens with zero attached hydrogens (tertiary/aromatic N) is 2. The minimum Gasteiger partial charge on any atom is -0.255 e. The molecule has 0 fully saturated rings. The normalized spacial score (nSPS) is 12.5. The highest BCUT2D eigenvalue weighted by atomic mass is 32.1. The molecule has 0 saturated carbocycles. The average Bonchev–Trinajstić information content (AvgIpc) is 3.21. The SMILES string of the molecule is CC(C)(C)c1cc(-c2nccc3nc(-c4ccc(C[Si](C)(C)C)cc4)sc23)cc2ccccc12. The molecular formula is C30H32N2SSi. The van der Waals surface area contributed by atoms with Crippen LogP contribution in [0.3, 0.4) is 0 Å². The van der Waals surface area contributed by atoms with Gasteiger partial charge in [0, 0.05) is 25.4 Å². The van der Waals surface area contributed by atoms with E-state index < -0.39 is 8.07 Å². The van der Waals surface area contributed by atoms with Crippen molar-refractivity contribution in [1.82, 2.24) is 9.97 Å². The molecule has 0 spiro atoms. The summed E-state index contributed by atoms with van der Waals surface area (Å²) < 4.78 is 1.15. The quantitative estimate of drug-likeness (QED) is 0.240. The predicted octanol–water partition coefficient (Wildman–Crippen LogP) is 8.90. The molecule has 0 saturated heterocycles. The van der Waals surface area contributed by atoms with Crippen molar-refractivity contribution in [3.63, 3.8) is 0 Å². The summed E-state index contributed by atoms with van der Waals surface area (Å²) in [5.74, 6) is 0. The summed E-state index contributed by atoms with van der Waals surface area (Å²) in [6.07, 6.45) is 1.89. The van der Waals surface area contributed by atoms with Crippen LogP contribution in [0.15, 0.2) is 72.9 Å². The van der Waals surface area contributed by atoms with Crippen LogP contribution in [0.5, 0.6) is 0 Å². The molecule has 0 aliphatic carbocycles. The van der Waals surface area contributed by atoms with Gasteiger partial charge in [-0.15, -0.1) is 11.3 Å². The number of pyridine rings is 1. The molecule has 0 N–H and O–H groups in total. The van der Waals surface area contributed by atoms with E-state index in [1.165, 1.54) is 33.5 Å². The van der Waals surface area contributed by atoms with E-state index in [9.17, 15) is 0 Å². The Morgan fingerprint density at radius 3 is 2.29 bits per heavy atom. The summed E-state index contributed by atoms with van der Waals surface area (Å²) in [5, 5.41) is 3.63. The van der Waals surface area contributed by atoms with Crippen LogP contribution in [0.2, 0.25) is 19.6 Å². The largest absolute Gasteiger partial charge is 0.255 e. The highest BCUT2D eigenvalue weighted by molar-refractivity contribution is 7.22. The number of hydrogen-bond donors (Lipinski definition) is 0. The molecule has 172 valence electrons.